The van der Waals surface area contributed by atoms with Crippen molar-refractivity contribution < 1.29 is 4.79 Å². The first-order valence-electron chi connectivity index (χ1n) is 6.03. The van der Waals surface area contributed by atoms with Crippen molar-refractivity contribution in [1.29, 1.82) is 0 Å². The molecule has 1 atom stereocenters. The van der Waals surface area contributed by atoms with Crippen LogP contribution in [-0.4, -0.2) is 48.4 Å². The third kappa shape index (κ3) is 2.67. The van der Waals surface area contributed by atoms with Gasteiger partial charge in [0.1, 0.15) is 0 Å². The van der Waals surface area contributed by atoms with E-state index >= 15 is 0 Å². The molecule has 0 bridgehead atoms. The first-order valence-corrected chi connectivity index (χ1v) is 6.83. The smallest absolute Gasteiger partial charge is 0.255 e. The molecular formula is C13H18BrN3O. The number of carbonyl (C=O) groups excluding carboxylic acids is 1. The Labute approximate surface area is 116 Å². The number of piperazine rings is 1. The number of nitrogens with two attached hydrogens (primary N) is 1. The minimum absolute atomic E-state index is 0.0507. The number of hydrogen-bond donors (Lipinski definition) is 1. The molecule has 0 radical (unpaired) electrons. The van der Waals surface area contributed by atoms with Crippen molar-refractivity contribution in [3.63, 3.8) is 0 Å². The summed E-state index contributed by atoms with van der Waals surface area (Å²) in [6.45, 7) is 4.66. The fourth-order valence-corrected chi connectivity index (χ4v) is 2.72. The predicted octanol–water partition coefficient (Wildman–Crippen LogP) is 1.81. The van der Waals surface area contributed by atoms with Gasteiger partial charge >= 0.3 is 0 Å². The van der Waals surface area contributed by atoms with Crippen molar-refractivity contribution in [2.24, 2.45) is 0 Å². The largest absolute Gasteiger partial charge is 0.399 e. The van der Waals surface area contributed by atoms with E-state index in [9.17, 15) is 4.79 Å². The van der Waals surface area contributed by atoms with Gasteiger partial charge in [0, 0.05) is 35.8 Å². The van der Waals surface area contributed by atoms with Gasteiger partial charge in [-0.1, -0.05) is 0 Å². The number of nitrogens with zero attached hydrogens (tertiary/aromatic N) is 2. The van der Waals surface area contributed by atoms with E-state index in [1.165, 1.54) is 0 Å². The normalized spacial score (nSPS) is 21.1. The highest BCUT2D eigenvalue weighted by molar-refractivity contribution is 9.10. The number of likely N-dealkylation sites (N-methyl/N-ethyl adjacent to an activating group) is 1. The Morgan fingerprint density at radius 2 is 2.17 bits per heavy atom. The first-order chi connectivity index (χ1) is 8.49. The Hall–Kier alpha value is -1.07. The standard InChI is InChI=1S/C13H18BrN3O/c1-9-8-16(2)5-6-17(9)13(18)11-7-10(15)3-4-12(11)14/h3-4,7,9H,5-6,8,15H2,1-2H3. The molecule has 5 heteroatoms. The second kappa shape index (κ2) is 5.28. The number of rotatable bonds is 1. The van der Waals surface area contributed by atoms with Crippen molar-refractivity contribution in [2.45, 2.75) is 13.0 Å². The van der Waals surface area contributed by atoms with Crippen LogP contribution in [0.3, 0.4) is 0 Å². The molecule has 1 fully saturated rings. The fraction of sp³-hybridized carbons (Fsp3) is 0.462. The molecule has 1 aromatic carbocycles. The molecule has 4 nitrogen and oxygen atoms in total. The van der Waals surface area contributed by atoms with E-state index in [-0.39, 0.29) is 11.9 Å². The summed E-state index contributed by atoms with van der Waals surface area (Å²) < 4.78 is 0.799. The van der Waals surface area contributed by atoms with E-state index in [1.54, 1.807) is 12.1 Å². The molecule has 1 aliphatic heterocycles. The van der Waals surface area contributed by atoms with E-state index < -0.39 is 0 Å². The predicted molar refractivity (Wildman–Crippen MR) is 76.5 cm³/mol. The molecule has 0 aliphatic carbocycles. The van der Waals surface area contributed by atoms with E-state index in [2.05, 4.69) is 34.8 Å². The topological polar surface area (TPSA) is 49.6 Å². The lowest BCUT2D eigenvalue weighted by atomic mass is 10.1. The summed E-state index contributed by atoms with van der Waals surface area (Å²) in [4.78, 5) is 16.7. The van der Waals surface area contributed by atoms with Gasteiger partial charge in [-0.15, -0.1) is 0 Å². The zero-order chi connectivity index (χ0) is 13.3. The van der Waals surface area contributed by atoms with E-state index in [1.807, 2.05) is 11.0 Å². The lowest BCUT2D eigenvalue weighted by molar-refractivity contribution is 0.0532. The Balaban J connectivity index is 2.23. The minimum atomic E-state index is 0.0507. The third-order valence-corrected chi connectivity index (χ3v) is 4.00. The third-order valence-electron chi connectivity index (χ3n) is 3.31. The zero-order valence-electron chi connectivity index (χ0n) is 10.7. The highest BCUT2D eigenvalue weighted by Gasteiger charge is 2.27. The monoisotopic (exact) mass is 311 g/mol. The maximum atomic E-state index is 12.5. The van der Waals surface area contributed by atoms with Gasteiger partial charge in [0.25, 0.3) is 5.91 Å². The highest BCUT2D eigenvalue weighted by atomic mass is 79.9. The second-order valence-corrected chi connectivity index (χ2v) is 5.70. The fourth-order valence-electron chi connectivity index (χ4n) is 2.30. The molecule has 2 N–H and O–H groups in total. The van der Waals surface area contributed by atoms with Crippen molar-refractivity contribution in [1.82, 2.24) is 9.80 Å². The van der Waals surface area contributed by atoms with E-state index in [4.69, 9.17) is 5.73 Å². The summed E-state index contributed by atoms with van der Waals surface area (Å²) >= 11 is 3.42. The van der Waals surface area contributed by atoms with Crippen LogP contribution in [0.15, 0.2) is 22.7 Å². The molecule has 2 rings (SSSR count). The number of anilines is 1. The molecule has 1 aromatic rings. The van der Waals surface area contributed by atoms with Crippen LogP contribution in [0.2, 0.25) is 0 Å². The molecule has 18 heavy (non-hydrogen) atoms. The number of halogens is 1. The molecule has 1 amide bonds. The van der Waals surface area contributed by atoms with Gasteiger partial charge in [0.2, 0.25) is 0 Å². The Morgan fingerprint density at radius 1 is 1.44 bits per heavy atom. The Kier molecular flexibility index (Phi) is 3.92. The minimum Gasteiger partial charge on any atom is -0.399 e. The van der Waals surface area contributed by atoms with Crippen LogP contribution in [0.25, 0.3) is 0 Å². The summed E-state index contributed by atoms with van der Waals surface area (Å²) in [5.41, 5.74) is 7.01. The van der Waals surface area contributed by atoms with Gasteiger partial charge in [-0.3, -0.25) is 4.79 Å². The maximum Gasteiger partial charge on any atom is 0.255 e. The molecule has 98 valence electrons. The van der Waals surface area contributed by atoms with Gasteiger partial charge in [-0.05, 0) is 48.1 Å². The van der Waals surface area contributed by atoms with Crippen LogP contribution in [0.4, 0.5) is 5.69 Å². The maximum absolute atomic E-state index is 12.5. The molecule has 1 aliphatic rings. The molecular weight excluding hydrogens is 294 g/mol. The Bertz CT molecular complexity index is 464. The highest BCUT2D eigenvalue weighted by Crippen LogP contribution is 2.23. The Morgan fingerprint density at radius 3 is 2.83 bits per heavy atom. The zero-order valence-corrected chi connectivity index (χ0v) is 12.3. The second-order valence-electron chi connectivity index (χ2n) is 4.85. The van der Waals surface area contributed by atoms with Crippen molar-refractivity contribution >= 4 is 27.5 Å². The summed E-state index contributed by atoms with van der Waals surface area (Å²) in [5.74, 6) is 0.0507. The summed E-state index contributed by atoms with van der Waals surface area (Å²) in [5, 5.41) is 0. The van der Waals surface area contributed by atoms with Crippen LogP contribution in [0.5, 0.6) is 0 Å². The molecule has 1 heterocycles. The molecule has 0 aromatic heterocycles. The number of nitrogen functional groups attached to an aromatic ring is 1. The van der Waals surface area contributed by atoms with Crippen molar-refractivity contribution in [2.75, 3.05) is 32.4 Å². The SMILES string of the molecule is CC1CN(C)CCN1C(=O)c1cc(N)ccc1Br. The van der Waals surface area contributed by atoms with Crippen LogP contribution >= 0.6 is 15.9 Å². The quantitative estimate of drug-likeness (QED) is 0.805. The molecule has 0 spiro atoms. The average molecular weight is 312 g/mol. The summed E-state index contributed by atoms with van der Waals surface area (Å²) in [6.07, 6.45) is 0. The van der Waals surface area contributed by atoms with Gasteiger partial charge < -0.3 is 15.5 Å². The average Bonchev–Trinajstić information content (AvgIpc) is 2.31. The molecule has 0 saturated carbocycles. The number of benzene rings is 1. The van der Waals surface area contributed by atoms with Crippen LogP contribution in [0, 0.1) is 0 Å². The van der Waals surface area contributed by atoms with Gasteiger partial charge in [-0.25, -0.2) is 0 Å². The lowest BCUT2D eigenvalue weighted by Crippen LogP contribution is -2.52. The summed E-state index contributed by atoms with van der Waals surface area (Å²) in [6, 6.07) is 5.57. The van der Waals surface area contributed by atoms with Gasteiger partial charge in [0.15, 0.2) is 0 Å². The van der Waals surface area contributed by atoms with Crippen LogP contribution in [0.1, 0.15) is 17.3 Å². The number of hydrogen-bond acceptors (Lipinski definition) is 3. The van der Waals surface area contributed by atoms with Crippen molar-refractivity contribution in [3.05, 3.63) is 28.2 Å². The van der Waals surface area contributed by atoms with E-state index in [0.717, 1.165) is 24.1 Å². The lowest BCUT2D eigenvalue weighted by Gasteiger charge is -2.38. The molecule has 1 saturated heterocycles. The van der Waals surface area contributed by atoms with Gasteiger partial charge in [0.05, 0.1) is 5.56 Å². The van der Waals surface area contributed by atoms with Crippen LogP contribution in [-0.2, 0) is 0 Å². The van der Waals surface area contributed by atoms with Crippen LogP contribution < -0.4 is 5.73 Å². The number of carbonyl (C=O) groups is 1. The summed E-state index contributed by atoms with van der Waals surface area (Å²) in [7, 11) is 2.08. The first kappa shape index (κ1) is 13.4. The number of amides is 1. The van der Waals surface area contributed by atoms with Gasteiger partial charge in [-0.2, -0.15) is 0 Å². The molecule has 1 unspecified atom stereocenters. The van der Waals surface area contributed by atoms with E-state index in [0.29, 0.717) is 11.3 Å². The van der Waals surface area contributed by atoms with Crippen molar-refractivity contribution in [3.8, 4) is 0 Å².